The Bertz CT molecular complexity index is 1050. The molecule has 1 aliphatic heterocycles. The highest BCUT2D eigenvalue weighted by Crippen LogP contribution is 2.26. The molecule has 0 radical (unpaired) electrons. The summed E-state index contributed by atoms with van der Waals surface area (Å²) in [6.45, 7) is 1.47. The molecule has 1 N–H and O–H groups in total. The summed E-state index contributed by atoms with van der Waals surface area (Å²) in [6.07, 6.45) is 1.73. The van der Waals surface area contributed by atoms with E-state index in [1.54, 1.807) is 24.3 Å². The van der Waals surface area contributed by atoms with Gasteiger partial charge in [-0.05, 0) is 43.1 Å². The van der Waals surface area contributed by atoms with E-state index in [2.05, 4.69) is 10.2 Å². The summed E-state index contributed by atoms with van der Waals surface area (Å²) in [6, 6.07) is 23.7. The summed E-state index contributed by atoms with van der Waals surface area (Å²) in [5.41, 5.74) is 2.65. The molecule has 5 heteroatoms. The summed E-state index contributed by atoms with van der Waals surface area (Å²) in [5.74, 6) is -0.196. The van der Waals surface area contributed by atoms with Crippen LogP contribution < -0.4 is 5.32 Å². The molecule has 30 heavy (non-hydrogen) atoms. The number of para-hydroxylation sites is 1. The third-order valence-corrected chi connectivity index (χ3v) is 5.83. The molecule has 4 rings (SSSR count). The second-order valence-corrected chi connectivity index (χ2v) is 7.86. The lowest BCUT2D eigenvalue weighted by Crippen LogP contribution is -2.39. The summed E-state index contributed by atoms with van der Waals surface area (Å²) < 4.78 is 0. The fourth-order valence-electron chi connectivity index (χ4n) is 3.91. The number of anilines is 1. The van der Waals surface area contributed by atoms with Crippen molar-refractivity contribution in [3.8, 4) is 0 Å². The summed E-state index contributed by atoms with van der Waals surface area (Å²) in [5, 5.41) is 3.71. The number of hydrogen-bond acceptors (Lipinski definition) is 3. The first-order valence-electron chi connectivity index (χ1n) is 10.1. The maximum atomic E-state index is 13.1. The summed E-state index contributed by atoms with van der Waals surface area (Å²) >= 11 is 6.31. The predicted octanol–water partition coefficient (Wildman–Crippen LogP) is 5.17. The van der Waals surface area contributed by atoms with Crippen molar-refractivity contribution in [2.75, 3.05) is 11.9 Å². The summed E-state index contributed by atoms with van der Waals surface area (Å²) in [7, 11) is 0. The molecule has 0 spiro atoms. The van der Waals surface area contributed by atoms with E-state index in [4.69, 9.17) is 11.6 Å². The van der Waals surface area contributed by atoms with Crippen LogP contribution in [-0.2, 0) is 11.3 Å². The smallest absolute Gasteiger partial charge is 0.241 e. The van der Waals surface area contributed by atoms with Gasteiger partial charge in [-0.3, -0.25) is 14.5 Å². The van der Waals surface area contributed by atoms with Crippen molar-refractivity contribution >= 4 is 29.0 Å². The van der Waals surface area contributed by atoms with E-state index < -0.39 is 0 Å². The van der Waals surface area contributed by atoms with Gasteiger partial charge in [-0.1, -0.05) is 72.3 Å². The minimum Gasteiger partial charge on any atom is -0.324 e. The number of amides is 1. The van der Waals surface area contributed by atoms with Crippen molar-refractivity contribution in [2.24, 2.45) is 0 Å². The number of nitrogens with zero attached hydrogens (tertiary/aromatic N) is 1. The van der Waals surface area contributed by atoms with Gasteiger partial charge in [0.2, 0.25) is 5.91 Å². The van der Waals surface area contributed by atoms with Crippen molar-refractivity contribution in [3.63, 3.8) is 0 Å². The molecule has 4 nitrogen and oxygen atoms in total. The van der Waals surface area contributed by atoms with E-state index >= 15 is 0 Å². The number of carbonyl (C=O) groups is 2. The van der Waals surface area contributed by atoms with Crippen LogP contribution in [0, 0.1) is 0 Å². The Hall–Kier alpha value is -2.95. The molecular weight excluding hydrogens is 396 g/mol. The molecule has 0 unspecified atom stereocenters. The van der Waals surface area contributed by atoms with Crippen molar-refractivity contribution < 1.29 is 9.59 Å². The maximum absolute atomic E-state index is 13.1. The van der Waals surface area contributed by atoms with Gasteiger partial charge < -0.3 is 5.32 Å². The van der Waals surface area contributed by atoms with Crippen molar-refractivity contribution in [1.82, 2.24) is 4.90 Å². The second-order valence-electron chi connectivity index (χ2n) is 7.45. The minimum absolute atomic E-state index is 0.0899. The number of nitrogens with one attached hydrogen (secondary N) is 1. The van der Waals surface area contributed by atoms with E-state index in [0.29, 0.717) is 28.4 Å². The van der Waals surface area contributed by atoms with Crippen LogP contribution in [0.1, 0.15) is 34.3 Å². The summed E-state index contributed by atoms with van der Waals surface area (Å²) in [4.78, 5) is 28.2. The Balaban J connectivity index is 1.51. The number of carbonyl (C=O) groups excluding carboxylic acids is 2. The average Bonchev–Trinajstić information content (AvgIpc) is 3.24. The van der Waals surface area contributed by atoms with Crippen LogP contribution in [0.5, 0.6) is 0 Å². The van der Waals surface area contributed by atoms with Gasteiger partial charge >= 0.3 is 0 Å². The molecule has 1 fully saturated rings. The van der Waals surface area contributed by atoms with Crippen molar-refractivity contribution in [2.45, 2.75) is 25.4 Å². The molecular formula is C25H23ClN2O2. The molecule has 0 aromatic heterocycles. The fourth-order valence-corrected chi connectivity index (χ4v) is 4.10. The van der Waals surface area contributed by atoms with E-state index in [-0.39, 0.29) is 17.7 Å². The second kappa shape index (κ2) is 9.24. The molecule has 1 amide bonds. The molecule has 3 aromatic rings. The number of likely N-dealkylation sites (tertiary alicyclic amines) is 1. The monoisotopic (exact) mass is 418 g/mol. The van der Waals surface area contributed by atoms with Crippen molar-refractivity contribution in [1.29, 1.82) is 0 Å². The third-order valence-electron chi connectivity index (χ3n) is 5.46. The Morgan fingerprint density at radius 2 is 1.63 bits per heavy atom. The van der Waals surface area contributed by atoms with Gasteiger partial charge in [0.25, 0.3) is 0 Å². The zero-order valence-electron chi connectivity index (χ0n) is 16.6. The average molecular weight is 419 g/mol. The van der Waals surface area contributed by atoms with Gasteiger partial charge in [0, 0.05) is 22.7 Å². The van der Waals surface area contributed by atoms with Gasteiger partial charge in [-0.2, -0.15) is 0 Å². The van der Waals surface area contributed by atoms with E-state index in [1.807, 2.05) is 54.6 Å². The van der Waals surface area contributed by atoms with Crippen molar-refractivity contribution in [3.05, 3.63) is 101 Å². The first kappa shape index (κ1) is 20.3. The van der Waals surface area contributed by atoms with Gasteiger partial charge in [-0.25, -0.2) is 0 Å². The molecule has 1 saturated heterocycles. The molecule has 1 aliphatic rings. The molecule has 1 heterocycles. The van der Waals surface area contributed by atoms with Crippen LogP contribution in [0.15, 0.2) is 78.9 Å². The molecule has 1 atom stereocenters. The van der Waals surface area contributed by atoms with Crippen LogP contribution in [0.25, 0.3) is 0 Å². The molecule has 3 aromatic carbocycles. The highest BCUT2D eigenvalue weighted by atomic mass is 35.5. The fraction of sp³-hybridized carbons (Fsp3) is 0.200. The Labute approximate surface area is 181 Å². The van der Waals surface area contributed by atoms with Crippen LogP contribution in [0.3, 0.4) is 0 Å². The lowest BCUT2D eigenvalue weighted by Gasteiger charge is -2.24. The predicted molar refractivity (Wildman–Crippen MR) is 120 cm³/mol. The highest BCUT2D eigenvalue weighted by Gasteiger charge is 2.31. The number of benzene rings is 3. The SMILES string of the molecule is O=C(c1ccccc1)c1ccccc1NC(=O)[C@@H]1CCCN1Cc1ccccc1Cl. The third kappa shape index (κ3) is 4.45. The first-order valence-corrected chi connectivity index (χ1v) is 10.5. The van der Waals surface area contributed by atoms with Crippen LogP contribution in [-0.4, -0.2) is 29.2 Å². The van der Waals surface area contributed by atoms with E-state index in [0.717, 1.165) is 24.9 Å². The van der Waals surface area contributed by atoms with Gasteiger partial charge in [0.1, 0.15) is 0 Å². The van der Waals surface area contributed by atoms with E-state index in [9.17, 15) is 9.59 Å². The Kier molecular flexibility index (Phi) is 6.26. The van der Waals surface area contributed by atoms with Gasteiger partial charge in [0.15, 0.2) is 5.78 Å². The Morgan fingerprint density at radius 1 is 0.933 bits per heavy atom. The largest absolute Gasteiger partial charge is 0.324 e. The van der Waals surface area contributed by atoms with Gasteiger partial charge in [-0.15, -0.1) is 0 Å². The van der Waals surface area contributed by atoms with E-state index in [1.165, 1.54) is 0 Å². The Morgan fingerprint density at radius 3 is 2.43 bits per heavy atom. The number of ketones is 1. The standard InChI is InChI=1S/C25H23ClN2O2/c26-21-13-6-4-11-19(21)17-28-16-8-15-23(28)25(30)27-22-14-7-5-12-20(22)24(29)18-9-2-1-3-10-18/h1-7,9-14,23H,8,15-17H2,(H,27,30)/t23-/m0/s1. The van der Waals surface area contributed by atoms with Crippen LogP contribution in [0.2, 0.25) is 5.02 Å². The zero-order valence-corrected chi connectivity index (χ0v) is 17.3. The maximum Gasteiger partial charge on any atom is 0.241 e. The normalized spacial score (nSPS) is 16.4. The quantitative estimate of drug-likeness (QED) is 0.561. The van der Waals surface area contributed by atoms with Crippen LogP contribution in [0.4, 0.5) is 5.69 Å². The number of hydrogen-bond donors (Lipinski definition) is 1. The molecule has 0 bridgehead atoms. The lowest BCUT2D eigenvalue weighted by molar-refractivity contribution is -0.120. The lowest BCUT2D eigenvalue weighted by atomic mass is 10.0. The highest BCUT2D eigenvalue weighted by molar-refractivity contribution is 6.31. The number of rotatable bonds is 6. The van der Waals surface area contributed by atoms with Crippen LogP contribution >= 0.6 is 11.6 Å². The molecule has 0 saturated carbocycles. The molecule has 0 aliphatic carbocycles. The minimum atomic E-state index is -0.249. The first-order chi connectivity index (χ1) is 14.6. The van der Waals surface area contributed by atoms with Gasteiger partial charge in [0.05, 0.1) is 11.7 Å². The molecule has 152 valence electrons. The number of halogens is 1. The zero-order chi connectivity index (χ0) is 20.9. The topological polar surface area (TPSA) is 49.4 Å².